The maximum Gasteiger partial charge on any atom is 0.279 e. The molecule has 0 aliphatic rings. The molecule has 4 heteroatoms. The van der Waals surface area contributed by atoms with Crippen molar-refractivity contribution >= 4 is 22.9 Å². The number of carbonyl (C=O) groups is 1. The Morgan fingerprint density at radius 3 is 2.52 bits per heavy atom. The Morgan fingerprint density at radius 2 is 1.95 bits per heavy atom. The van der Waals surface area contributed by atoms with Crippen LogP contribution < -0.4 is 10.2 Å². The lowest BCUT2D eigenvalue weighted by atomic mass is 10.1. The number of nitrogens with one attached hydrogen (secondary N) is 2. The Bertz CT molecular complexity index is 573. The minimum absolute atomic E-state index is 0.0772. The summed E-state index contributed by atoms with van der Waals surface area (Å²) in [4.78, 5) is 14.8. The van der Waals surface area contributed by atoms with Gasteiger partial charge >= 0.3 is 0 Å². The normalized spacial score (nSPS) is 12.1. The molecule has 1 unspecified atom stereocenters. The second kappa shape index (κ2) is 7.38. The van der Waals surface area contributed by atoms with Crippen LogP contribution in [0.15, 0.2) is 35.7 Å². The van der Waals surface area contributed by atoms with E-state index in [1.807, 2.05) is 26.0 Å². The highest BCUT2D eigenvalue weighted by atomic mass is 32.1. The molecule has 0 spiro atoms. The topological polar surface area (TPSA) is 33.5 Å². The van der Waals surface area contributed by atoms with E-state index in [2.05, 4.69) is 35.8 Å². The fourth-order valence-electron chi connectivity index (χ4n) is 2.45. The summed E-state index contributed by atoms with van der Waals surface area (Å²) < 4.78 is 0. The van der Waals surface area contributed by atoms with Gasteiger partial charge < -0.3 is 10.2 Å². The van der Waals surface area contributed by atoms with Crippen molar-refractivity contribution in [1.82, 2.24) is 0 Å². The molecule has 3 nitrogen and oxygen atoms in total. The number of aryl methyl sites for hydroxylation is 2. The van der Waals surface area contributed by atoms with E-state index in [-0.39, 0.29) is 5.91 Å². The van der Waals surface area contributed by atoms with Gasteiger partial charge in [-0.05, 0) is 55.5 Å². The first-order valence-corrected chi connectivity index (χ1v) is 8.19. The van der Waals surface area contributed by atoms with E-state index < -0.39 is 0 Å². The van der Waals surface area contributed by atoms with Gasteiger partial charge in [-0.3, -0.25) is 4.79 Å². The zero-order valence-corrected chi connectivity index (χ0v) is 13.7. The van der Waals surface area contributed by atoms with Crippen LogP contribution in [0.25, 0.3) is 0 Å². The summed E-state index contributed by atoms with van der Waals surface area (Å²) in [5.74, 6) is 0.0772. The fourth-order valence-corrected chi connectivity index (χ4v) is 3.23. The van der Waals surface area contributed by atoms with Crippen molar-refractivity contribution in [3.05, 3.63) is 51.7 Å². The van der Waals surface area contributed by atoms with Crippen molar-refractivity contribution in [2.45, 2.75) is 27.3 Å². The van der Waals surface area contributed by atoms with Crippen molar-refractivity contribution < 1.29 is 9.69 Å². The van der Waals surface area contributed by atoms with E-state index >= 15 is 0 Å². The van der Waals surface area contributed by atoms with Gasteiger partial charge in [-0.25, -0.2) is 0 Å². The molecule has 2 aromatic rings. The summed E-state index contributed by atoms with van der Waals surface area (Å²) in [7, 11) is 0. The number of hydrogen-bond donors (Lipinski definition) is 2. The average Bonchev–Trinajstić information content (AvgIpc) is 2.89. The summed E-state index contributed by atoms with van der Waals surface area (Å²) in [5.41, 5.74) is 3.23. The van der Waals surface area contributed by atoms with Gasteiger partial charge in [0.1, 0.15) is 6.54 Å². The van der Waals surface area contributed by atoms with Gasteiger partial charge in [0.05, 0.1) is 11.4 Å². The first-order valence-electron chi connectivity index (χ1n) is 7.31. The van der Waals surface area contributed by atoms with E-state index in [1.54, 1.807) is 11.3 Å². The SMILES string of the molecule is CC[NH+](CC(=O)Nc1cc(C)cc(C)c1)Cc1cccs1. The van der Waals surface area contributed by atoms with Crippen molar-refractivity contribution in [1.29, 1.82) is 0 Å². The van der Waals surface area contributed by atoms with Gasteiger partial charge in [0.25, 0.3) is 5.91 Å². The Balaban J connectivity index is 1.93. The maximum atomic E-state index is 12.2. The third kappa shape index (κ3) is 4.99. The molecule has 0 aliphatic heterocycles. The highest BCUT2D eigenvalue weighted by molar-refractivity contribution is 7.09. The Hall–Kier alpha value is -1.65. The van der Waals surface area contributed by atoms with Crippen molar-refractivity contribution in [3.8, 4) is 0 Å². The molecule has 0 saturated heterocycles. The van der Waals surface area contributed by atoms with Gasteiger partial charge in [0.15, 0.2) is 6.54 Å². The van der Waals surface area contributed by atoms with Gasteiger partial charge in [-0.15, -0.1) is 11.3 Å². The van der Waals surface area contributed by atoms with Gasteiger partial charge in [-0.1, -0.05) is 12.1 Å². The van der Waals surface area contributed by atoms with Gasteiger partial charge in [0, 0.05) is 5.69 Å². The van der Waals surface area contributed by atoms with E-state index in [1.165, 1.54) is 20.9 Å². The largest absolute Gasteiger partial charge is 0.323 e. The van der Waals surface area contributed by atoms with Crippen LogP contribution in [0.2, 0.25) is 0 Å². The van der Waals surface area contributed by atoms with Gasteiger partial charge in [0.2, 0.25) is 0 Å². The van der Waals surface area contributed by atoms with Crippen molar-refractivity contribution in [2.24, 2.45) is 0 Å². The zero-order chi connectivity index (χ0) is 15.2. The van der Waals surface area contributed by atoms with E-state index in [0.717, 1.165) is 18.8 Å². The molecule has 0 aliphatic carbocycles. The number of likely N-dealkylation sites (N-methyl/N-ethyl adjacent to an activating group) is 1. The Labute approximate surface area is 130 Å². The smallest absolute Gasteiger partial charge is 0.279 e. The highest BCUT2D eigenvalue weighted by Gasteiger charge is 2.14. The zero-order valence-electron chi connectivity index (χ0n) is 12.9. The summed E-state index contributed by atoms with van der Waals surface area (Å²) in [6.45, 7) is 8.56. The first kappa shape index (κ1) is 15.7. The van der Waals surface area contributed by atoms with Crippen molar-refractivity contribution in [2.75, 3.05) is 18.4 Å². The molecule has 1 amide bonds. The number of hydrogen-bond acceptors (Lipinski definition) is 2. The number of amides is 1. The van der Waals surface area contributed by atoms with Crippen LogP contribution in [0.5, 0.6) is 0 Å². The molecule has 0 fully saturated rings. The lowest BCUT2D eigenvalue weighted by Crippen LogP contribution is -3.11. The molecule has 1 aromatic carbocycles. The second-order valence-electron chi connectivity index (χ2n) is 5.46. The monoisotopic (exact) mass is 303 g/mol. The average molecular weight is 303 g/mol. The van der Waals surface area contributed by atoms with Crippen LogP contribution in [0.4, 0.5) is 5.69 Å². The third-order valence-electron chi connectivity index (χ3n) is 3.42. The van der Waals surface area contributed by atoms with Crippen LogP contribution >= 0.6 is 11.3 Å². The number of carbonyl (C=O) groups excluding carboxylic acids is 1. The lowest BCUT2D eigenvalue weighted by molar-refractivity contribution is -0.903. The molecule has 1 heterocycles. The van der Waals surface area contributed by atoms with E-state index in [9.17, 15) is 4.79 Å². The van der Waals surface area contributed by atoms with Crippen LogP contribution in [0.3, 0.4) is 0 Å². The molecule has 0 bridgehead atoms. The summed E-state index contributed by atoms with van der Waals surface area (Å²) in [6, 6.07) is 10.3. The molecular weight excluding hydrogens is 280 g/mol. The number of thiophene rings is 1. The molecular formula is C17H23N2OS+. The molecule has 2 N–H and O–H groups in total. The van der Waals surface area contributed by atoms with E-state index in [4.69, 9.17) is 0 Å². The van der Waals surface area contributed by atoms with Crippen LogP contribution in [0.1, 0.15) is 22.9 Å². The first-order chi connectivity index (χ1) is 10.1. The highest BCUT2D eigenvalue weighted by Crippen LogP contribution is 2.13. The summed E-state index contributed by atoms with van der Waals surface area (Å²) in [5, 5.41) is 5.09. The van der Waals surface area contributed by atoms with Crippen LogP contribution in [-0.2, 0) is 11.3 Å². The lowest BCUT2D eigenvalue weighted by Gasteiger charge is -2.16. The molecule has 2 rings (SSSR count). The molecule has 112 valence electrons. The number of benzene rings is 1. The van der Waals surface area contributed by atoms with Crippen LogP contribution in [-0.4, -0.2) is 19.0 Å². The molecule has 1 atom stereocenters. The van der Waals surface area contributed by atoms with E-state index in [0.29, 0.717) is 6.54 Å². The summed E-state index contributed by atoms with van der Waals surface area (Å²) >= 11 is 1.75. The quantitative estimate of drug-likeness (QED) is 0.844. The molecule has 1 aromatic heterocycles. The second-order valence-corrected chi connectivity index (χ2v) is 6.49. The van der Waals surface area contributed by atoms with Gasteiger partial charge in [-0.2, -0.15) is 0 Å². The minimum atomic E-state index is 0.0772. The Kier molecular flexibility index (Phi) is 5.53. The predicted molar refractivity (Wildman–Crippen MR) is 88.9 cm³/mol. The Morgan fingerprint density at radius 1 is 1.24 bits per heavy atom. The number of rotatable bonds is 6. The fraction of sp³-hybridized carbons (Fsp3) is 0.353. The molecule has 0 saturated carbocycles. The molecule has 21 heavy (non-hydrogen) atoms. The standard InChI is InChI=1S/C17H22N2OS/c1-4-19(11-16-6-5-7-21-16)12-17(20)18-15-9-13(2)8-14(3)10-15/h5-10H,4,11-12H2,1-3H3,(H,18,20)/p+1. The maximum absolute atomic E-state index is 12.2. The number of quaternary nitrogens is 1. The molecule has 0 radical (unpaired) electrons. The number of anilines is 1. The van der Waals surface area contributed by atoms with Crippen LogP contribution in [0, 0.1) is 13.8 Å². The minimum Gasteiger partial charge on any atom is -0.323 e. The third-order valence-corrected chi connectivity index (χ3v) is 4.30. The van der Waals surface area contributed by atoms with Crippen molar-refractivity contribution in [3.63, 3.8) is 0 Å². The summed E-state index contributed by atoms with van der Waals surface area (Å²) in [6.07, 6.45) is 0. The predicted octanol–water partition coefficient (Wildman–Crippen LogP) is 2.41.